The standard InChI is InChI=1S/C5H12.C4H10.C3H7B.C3H8.3C2H6.2CH4.H3P/c1-3-5-4-2;1-3-4-2;1-2-3-4;1-3-2;3*1-2;;;/h3-5H2,1-2H3;3-4H2,1-2H3;2-3H2,1H3;3H2,1-2H3;3*1-2H3;2*1H4;1H3. The van der Waals surface area contributed by atoms with Crippen LogP contribution in [-0.2, 0) is 0 Å². The Morgan fingerprint density at radius 3 is 0.640 bits per heavy atom. The predicted octanol–water partition coefficient (Wildman–Crippen LogP) is 10.8. The lowest BCUT2D eigenvalue weighted by Gasteiger charge is -1.79. The maximum absolute atomic E-state index is 5.03. The third-order valence-electron chi connectivity index (χ3n) is 1.50. The highest BCUT2D eigenvalue weighted by atomic mass is 31.0. The lowest BCUT2D eigenvalue weighted by molar-refractivity contribution is 0.772. The molecule has 0 nitrogen and oxygen atoms in total. The molecule has 0 heterocycles. The summed E-state index contributed by atoms with van der Waals surface area (Å²) in [5.41, 5.74) is 0. The fraction of sp³-hybridized carbons (Fsp3) is 1.00. The van der Waals surface area contributed by atoms with Crippen LogP contribution < -0.4 is 0 Å². The summed E-state index contributed by atoms with van der Waals surface area (Å²) in [4.78, 5) is 0. The molecule has 1 atom stereocenters. The van der Waals surface area contributed by atoms with Crippen LogP contribution in [-0.4, -0.2) is 7.85 Å². The van der Waals surface area contributed by atoms with Gasteiger partial charge in [0.1, 0.15) is 0 Å². The minimum absolute atomic E-state index is 0. The van der Waals surface area contributed by atoms with Crippen molar-refractivity contribution in [2.24, 2.45) is 0 Å². The van der Waals surface area contributed by atoms with Gasteiger partial charge in [0.2, 0.25) is 0 Å². The molecular formula is C23H66BP. The Bertz CT molecular complexity index is 50.1. The average molecular weight is 385 g/mol. The molecule has 166 valence electrons. The van der Waals surface area contributed by atoms with Crippen molar-refractivity contribution in [2.75, 3.05) is 0 Å². The Morgan fingerprint density at radius 1 is 0.480 bits per heavy atom. The first-order chi connectivity index (χ1) is 10.7. The minimum Gasteiger partial charge on any atom is -0.153 e. The highest BCUT2D eigenvalue weighted by Gasteiger charge is 1.68. The molecule has 0 saturated heterocycles. The predicted molar refractivity (Wildman–Crippen MR) is 141 cm³/mol. The molecule has 0 bridgehead atoms. The molecule has 0 aliphatic heterocycles. The molecule has 2 radical (unpaired) electrons. The Kier molecular flexibility index (Phi) is 478. The molecule has 1 unspecified atom stereocenters. The summed E-state index contributed by atoms with van der Waals surface area (Å²) >= 11 is 0. The Morgan fingerprint density at radius 2 is 0.640 bits per heavy atom. The van der Waals surface area contributed by atoms with E-state index in [2.05, 4.69) is 48.5 Å². The maximum atomic E-state index is 5.03. The van der Waals surface area contributed by atoms with Crippen LogP contribution in [0.2, 0.25) is 6.32 Å². The lowest BCUT2D eigenvalue weighted by Crippen LogP contribution is -1.59. The smallest absolute Gasteiger partial charge is 0.0652 e. The summed E-state index contributed by atoms with van der Waals surface area (Å²) in [6, 6.07) is 0. The summed E-state index contributed by atoms with van der Waals surface area (Å²) < 4.78 is 0. The van der Waals surface area contributed by atoms with Crippen LogP contribution in [0.5, 0.6) is 0 Å². The van der Waals surface area contributed by atoms with Gasteiger partial charge in [0.25, 0.3) is 0 Å². The molecule has 0 amide bonds. The van der Waals surface area contributed by atoms with Gasteiger partial charge in [0.05, 0.1) is 7.85 Å². The van der Waals surface area contributed by atoms with Crippen LogP contribution in [0.4, 0.5) is 0 Å². The van der Waals surface area contributed by atoms with E-state index in [1.807, 2.05) is 41.5 Å². The van der Waals surface area contributed by atoms with E-state index >= 15 is 0 Å². The van der Waals surface area contributed by atoms with Crippen molar-refractivity contribution in [2.45, 2.75) is 156 Å². The number of unbranched alkanes of at least 4 members (excludes halogenated alkanes) is 3. The topological polar surface area (TPSA) is 0 Å². The van der Waals surface area contributed by atoms with Crippen molar-refractivity contribution in [3.05, 3.63) is 0 Å². The second-order valence-corrected chi connectivity index (χ2v) is 3.85. The SMILES string of the molecule is C.C.CC.CC.CC.CCC.CCCC.CCCCC.P.[B]CCC. The molecule has 0 N–H and O–H groups in total. The summed E-state index contributed by atoms with van der Waals surface area (Å²) in [6.45, 7) is 27.1. The van der Waals surface area contributed by atoms with Crippen molar-refractivity contribution in [1.82, 2.24) is 0 Å². The van der Waals surface area contributed by atoms with E-state index in [0.29, 0.717) is 0 Å². The molecule has 2 heteroatoms. The molecule has 0 saturated carbocycles. The molecule has 25 heavy (non-hydrogen) atoms. The van der Waals surface area contributed by atoms with Crippen molar-refractivity contribution in [1.29, 1.82) is 0 Å². The largest absolute Gasteiger partial charge is 0.153 e. The fourth-order valence-electron chi connectivity index (χ4n) is 0.354. The first-order valence-electron chi connectivity index (χ1n) is 10.4. The molecular weight excluding hydrogens is 318 g/mol. The zero-order valence-corrected chi connectivity index (χ0v) is 21.4. The highest BCUT2D eigenvalue weighted by molar-refractivity contribution is 6.92. The highest BCUT2D eigenvalue weighted by Crippen LogP contribution is 1.88. The van der Waals surface area contributed by atoms with Crippen molar-refractivity contribution in [3.8, 4) is 0 Å². The minimum atomic E-state index is 0. The summed E-state index contributed by atoms with van der Waals surface area (Å²) in [5, 5.41) is 0. The van der Waals surface area contributed by atoms with E-state index in [1.165, 1.54) is 38.5 Å². The monoisotopic (exact) mass is 384 g/mol. The van der Waals surface area contributed by atoms with Gasteiger partial charge in [-0.1, -0.05) is 156 Å². The number of hydrogen-bond donors (Lipinski definition) is 0. The Labute approximate surface area is 174 Å². The van der Waals surface area contributed by atoms with E-state index in [4.69, 9.17) is 7.85 Å². The normalized spacial score (nSPS) is 5.48. The molecule has 0 aliphatic carbocycles. The van der Waals surface area contributed by atoms with Gasteiger partial charge in [0.15, 0.2) is 0 Å². The average Bonchev–Trinajstić information content (AvgIpc) is 2.62. The van der Waals surface area contributed by atoms with Crippen molar-refractivity contribution >= 4 is 17.7 Å². The quantitative estimate of drug-likeness (QED) is 0.334. The van der Waals surface area contributed by atoms with Gasteiger partial charge >= 0.3 is 0 Å². The van der Waals surface area contributed by atoms with Gasteiger partial charge in [-0.2, -0.15) is 9.90 Å². The summed E-state index contributed by atoms with van der Waals surface area (Å²) in [6.07, 6.45) is 9.88. The first kappa shape index (κ1) is 63.7. The maximum Gasteiger partial charge on any atom is 0.0652 e. The third-order valence-corrected chi connectivity index (χ3v) is 1.50. The molecule has 0 aliphatic rings. The molecule has 0 aromatic carbocycles. The van der Waals surface area contributed by atoms with Gasteiger partial charge < -0.3 is 0 Å². The van der Waals surface area contributed by atoms with E-state index < -0.39 is 0 Å². The third kappa shape index (κ3) is 613. The molecule has 0 spiro atoms. The van der Waals surface area contributed by atoms with Gasteiger partial charge in [-0.3, -0.25) is 0 Å². The van der Waals surface area contributed by atoms with Crippen LogP contribution in [0.25, 0.3) is 0 Å². The fourth-order valence-corrected chi connectivity index (χ4v) is 0.354. The van der Waals surface area contributed by atoms with E-state index in [1.54, 1.807) is 0 Å². The van der Waals surface area contributed by atoms with Crippen LogP contribution in [0.15, 0.2) is 0 Å². The van der Waals surface area contributed by atoms with Gasteiger partial charge in [-0.25, -0.2) is 0 Å². The zero-order valence-electron chi connectivity index (χ0n) is 19.9. The number of hydrogen-bond acceptors (Lipinski definition) is 0. The van der Waals surface area contributed by atoms with Crippen LogP contribution in [0.1, 0.15) is 150 Å². The van der Waals surface area contributed by atoms with Crippen LogP contribution >= 0.6 is 9.90 Å². The van der Waals surface area contributed by atoms with E-state index in [9.17, 15) is 0 Å². The molecule has 0 aromatic heterocycles. The van der Waals surface area contributed by atoms with Gasteiger partial charge in [-0.15, -0.1) is 0 Å². The molecule has 0 rings (SSSR count). The van der Waals surface area contributed by atoms with E-state index in [-0.39, 0.29) is 24.8 Å². The van der Waals surface area contributed by atoms with Gasteiger partial charge in [0, 0.05) is 0 Å². The molecule has 0 fully saturated rings. The van der Waals surface area contributed by atoms with Crippen molar-refractivity contribution in [3.63, 3.8) is 0 Å². The van der Waals surface area contributed by atoms with E-state index in [0.717, 1.165) is 12.7 Å². The lowest BCUT2D eigenvalue weighted by atomic mass is 10.0. The number of rotatable bonds is 4. The Hall–Kier alpha value is 0.495. The molecule has 0 aromatic rings. The second kappa shape index (κ2) is 187. The zero-order chi connectivity index (χ0) is 19.7. The van der Waals surface area contributed by atoms with Gasteiger partial charge in [-0.05, 0) is 0 Å². The van der Waals surface area contributed by atoms with Crippen LogP contribution in [0, 0.1) is 0 Å². The van der Waals surface area contributed by atoms with Crippen LogP contribution in [0.3, 0.4) is 0 Å². The first-order valence-corrected chi connectivity index (χ1v) is 10.4. The second-order valence-electron chi connectivity index (χ2n) is 3.85. The Balaban J connectivity index is -0.0000000133. The van der Waals surface area contributed by atoms with Crippen molar-refractivity contribution < 1.29 is 0 Å². The summed E-state index contributed by atoms with van der Waals surface area (Å²) in [7, 11) is 5.03. The summed E-state index contributed by atoms with van der Waals surface area (Å²) in [5.74, 6) is 0.